The van der Waals surface area contributed by atoms with Crippen LogP contribution in [-0.2, 0) is 11.0 Å². The fourth-order valence-corrected chi connectivity index (χ4v) is 2.11. The smallest absolute Gasteiger partial charge is 0.339 e. The van der Waals surface area contributed by atoms with Crippen molar-refractivity contribution in [2.45, 2.75) is 19.5 Å². The average molecular weight is 269 g/mol. The van der Waals surface area contributed by atoms with Gasteiger partial charge in [-0.15, -0.1) is 0 Å². The molecule has 0 aromatic heterocycles. The van der Waals surface area contributed by atoms with Gasteiger partial charge in [-0.05, 0) is 29.7 Å². The van der Waals surface area contributed by atoms with E-state index in [1.54, 1.807) is 11.0 Å². The number of halogens is 3. The number of hydrogen-bond acceptors (Lipinski definition) is 1. The van der Waals surface area contributed by atoms with Gasteiger partial charge in [0.05, 0.1) is 5.56 Å². The van der Waals surface area contributed by atoms with Crippen molar-refractivity contribution in [1.29, 1.82) is 0 Å². The number of carbonyl (C=O) groups excluding carboxylic acids is 1. The molecule has 0 saturated carbocycles. The minimum Gasteiger partial charge on any atom is -0.339 e. The van der Waals surface area contributed by atoms with Crippen molar-refractivity contribution >= 4 is 11.5 Å². The van der Waals surface area contributed by atoms with Gasteiger partial charge < -0.3 is 4.90 Å². The Morgan fingerprint density at radius 1 is 1.32 bits per heavy atom. The van der Waals surface area contributed by atoms with E-state index in [2.05, 4.69) is 0 Å². The molecule has 0 atom stereocenters. The van der Waals surface area contributed by atoms with E-state index in [-0.39, 0.29) is 5.91 Å². The zero-order valence-corrected chi connectivity index (χ0v) is 10.5. The number of rotatable bonds is 1. The maximum absolute atomic E-state index is 12.6. The first-order valence-corrected chi connectivity index (χ1v) is 6.00. The number of amides is 1. The predicted octanol–water partition coefficient (Wildman–Crippen LogP) is 3.34. The molecule has 0 N–H and O–H groups in total. The van der Waals surface area contributed by atoms with Crippen LogP contribution in [0, 0.1) is 0 Å². The number of nitrogens with zero attached hydrogens (tertiary/aromatic N) is 1. The molecule has 0 spiro atoms. The molecule has 0 radical (unpaired) electrons. The summed E-state index contributed by atoms with van der Waals surface area (Å²) in [5.74, 6) is -0.0145. The third-order valence-corrected chi connectivity index (χ3v) is 3.22. The molecule has 1 heterocycles. The monoisotopic (exact) mass is 269 g/mol. The highest BCUT2D eigenvalue weighted by atomic mass is 19.4. The molecule has 102 valence electrons. The molecule has 2 rings (SSSR count). The van der Waals surface area contributed by atoms with Gasteiger partial charge in [-0.3, -0.25) is 4.79 Å². The van der Waals surface area contributed by atoms with Crippen LogP contribution in [0.15, 0.2) is 30.3 Å². The Hall–Kier alpha value is -1.78. The molecule has 0 unspecified atom stereocenters. The summed E-state index contributed by atoms with van der Waals surface area (Å²) in [6.45, 7) is 2.50. The van der Waals surface area contributed by atoms with Gasteiger partial charge in [-0.1, -0.05) is 18.2 Å². The lowest BCUT2D eigenvalue weighted by Crippen LogP contribution is -2.32. The Kier molecular flexibility index (Phi) is 3.64. The van der Waals surface area contributed by atoms with Crippen molar-refractivity contribution < 1.29 is 18.0 Å². The summed E-state index contributed by atoms with van der Waals surface area (Å²) in [5.41, 5.74) is 0.807. The van der Waals surface area contributed by atoms with Gasteiger partial charge >= 0.3 is 6.18 Å². The van der Waals surface area contributed by atoms with E-state index in [0.29, 0.717) is 25.1 Å². The Bertz CT molecular complexity index is 520. The molecule has 2 nitrogen and oxygen atoms in total. The molecular formula is C14H14F3NO. The second-order valence-electron chi connectivity index (χ2n) is 4.52. The third kappa shape index (κ3) is 3.16. The molecule has 19 heavy (non-hydrogen) atoms. The third-order valence-electron chi connectivity index (χ3n) is 3.22. The van der Waals surface area contributed by atoms with Gasteiger partial charge in [0.1, 0.15) is 0 Å². The van der Waals surface area contributed by atoms with Crippen molar-refractivity contribution in [2.24, 2.45) is 0 Å². The summed E-state index contributed by atoms with van der Waals surface area (Å²) in [7, 11) is 0. The molecule has 1 aliphatic heterocycles. The lowest BCUT2D eigenvalue weighted by molar-refractivity contribution is -0.137. The molecular weight excluding hydrogens is 255 g/mol. The number of hydrogen-bond donors (Lipinski definition) is 0. The summed E-state index contributed by atoms with van der Waals surface area (Å²) >= 11 is 0. The molecule has 0 aliphatic carbocycles. The van der Waals surface area contributed by atoms with Gasteiger partial charge in [0.25, 0.3) is 0 Å². The Morgan fingerprint density at radius 3 is 2.58 bits per heavy atom. The average Bonchev–Trinajstić information content (AvgIpc) is 2.38. The molecule has 5 heteroatoms. The van der Waals surface area contributed by atoms with Crippen LogP contribution in [0.4, 0.5) is 13.2 Å². The summed E-state index contributed by atoms with van der Waals surface area (Å²) in [4.78, 5) is 12.8. The Morgan fingerprint density at radius 2 is 2.05 bits per heavy atom. The molecule has 0 saturated heterocycles. The first-order chi connectivity index (χ1) is 8.88. The van der Waals surface area contributed by atoms with Crippen molar-refractivity contribution in [3.63, 3.8) is 0 Å². The Balaban J connectivity index is 2.22. The maximum Gasteiger partial charge on any atom is 0.416 e. The van der Waals surface area contributed by atoms with Crippen LogP contribution in [-0.4, -0.2) is 23.9 Å². The number of alkyl halides is 3. The highest BCUT2D eigenvalue weighted by molar-refractivity contribution is 5.76. The van der Waals surface area contributed by atoms with Crippen LogP contribution in [0.1, 0.15) is 24.5 Å². The molecule has 1 aromatic carbocycles. The summed E-state index contributed by atoms with van der Waals surface area (Å²) in [5, 5.41) is 0. The maximum atomic E-state index is 12.6. The van der Waals surface area contributed by atoms with Crippen molar-refractivity contribution in [1.82, 2.24) is 4.90 Å². The topological polar surface area (TPSA) is 20.3 Å². The first kappa shape index (κ1) is 13.6. The minimum atomic E-state index is -4.32. The van der Waals surface area contributed by atoms with Crippen LogP contribution >= 0.6 is 0 Å². The van der Waals surface area contributed by atoms with Crippen molar-refractivity contribution in [3.05, 3.63) is 41.5 Å². The molecule has 1 aliphatic rings. The molecule has 1 amide bonds. The van der Waals surface area contributed by atoms with Crippen LogP contribution < -0.4 is 0 Å². The van der Waals surface area contributed by atoms with Gasteiger partial charge in [-0.25, -0.2) is 0 Å². The summed E-state index contributed by atoms with van der Waals surface area (Å²) in [6.07, 6.45) is -1.92. The van der Waals surface area contributed by atoms with Gasteiger partial charge in [0.2, 0.25) is 5.91 Å². The fourth-order valence-electron chi connectivity index (χ4n) is 2.11. The summed E-state index contributed by atoms with van der Waals surface area (Å²) in [6, 6.07) is 5.31. The quantitative estimate of drug-likeness (QED) is 0.765. The van der Waals surface area contributed by atoms with E-state index in [0.717, 1.165) is 17.7 Å². The van der Waals surface area contributed by atoms with E-state index in [9.17, 15) is 18.0 Å². The summed E-state index contributed by atoms with van der Waals surface area (Å²) < 4.78 is 37.9. The lowest BCUT2D eigenvalue weighted by atomic mass is 9.97. The van der Waals surface area contributed by atoms with E-state index in [4.69, 9.17) is 0 Å². The second kappa shape index (κ2) is 5.07. The zero-order valence-electron chi connectivity index (χ0n) is 10.5. The highest BCUT2D eigenvalue weighted by Gasteiger charge is 2.30. The second-order valence-corrected chi connectivity index (χ2v) is 4.52. The predicted molar refractivity (Wildman–Crippen MR) is 66.3 cm³/mol. The highest BCUT2D eigenvalue weighted by Crippen LogP contribution is 2.32. The Labute approximate surface area is 109 Å². The van der Waals surface area contributed by atoms with Crippen LogP contribution in [0.25, 0.3) is 5.57 Å². The minimum absolute atomic E-state index is 0.0145. The van der Waals surface area contributed by atoms with Crippen LogP contribution in [0.3, 0.4) is 0 Å². The first-order valence-electron chi connectivity index (χ1n) is 6.00. The zero-order chi connectivity index (χ0) is 14.0. The molecule has 0 bridgehead atoms. The van der Waals surface area contributed by atoms with Gasteiger partial charge in [0.15, 0.2) is 0 Å². The molecule has 1 aromatic rings. The lowest BCUT2D eigenvalue weighted by Gasteiger charge is -2.25. The van der Waals surface area contributed by atoms with E-state index in [1.807, 2.05) is 6.08 Å². The molecule has 0 fully saturated rings. The van der Waals surface area contributed by atoms with Crippen molar-refractivity contribution in [3.8, 4) is 0 Å². The number of benzene rings is 1. The van der Waals surface area contributed by atoms with Gasteiger partial charge in [-0.2, -0.15) is 13.2 Å². The fraction of sp³-hybridized carbons (Fsp3) is 0.357. The largest absolute Gasteiger partial charge is 0.416 e. The van der Waals surface area contributed by atoms with E-state index in [1.165, 1.54) is 13.0 Å². The standard InChI is InChI=1S/C14H14F3NO/c1-10(19)18-7-5-11(6-8-18)12-3-2-4-13(9-12)14(15,16)17/h2-5,9H,6-8H2,1H3. The SMILES string of the molecule is CC(=O)N1CC=C(c2cccc(C(F)(F)F)c2)CC1. The van der Waals surface area contributed by atoms with E-state index >= 15 is 0 Å². The van der Waals surface area contributed by atoms with Crippen LogP contribution in [0.2, 0.25) is 0 Å². The van der Waals surface area contributed by atoms with Gasteiger partial charge in [0, 0.05) is 20.0 Å². The van der Waals surface area contributed by atoms with E-state index < -0.39 is 11.7 Å². The number of carbonyl (C=O) groups is 1. The van der Waals surface area contributed by atoms with Crippen LogP contribution in [0.5, 0.6) is 0 Å². The normalized spacial score (nSPS) is 16.2. The van der Waals surface area contributed by atoms with Crippen molar-refractivity contribution in [2.75, 3.05) is 13.1 Å².